The highest BCUT2D eigenvalue weighted by Crippen LogP contribution is 2.29. The summed E-state index contributed by atoms with van der Waals surface area (Å²) in [7, 11) is 0. The Labute approximate surface area is 85.5 Å². The van der Waals surface area contributed by atoms with E-state index in [2.05, 4.69) is 30.5 Å². The van der Waals surface area contributed by atoms with Gasteiger partial charge in [0.2, 0.25) is 0 Å². The fraction of sp³-hybridized carbons (Fsp3) is 0.727. The third-order valence-corrected chi connectivity index (χ3v) is 3.19. The fourth-order valence-electron chi connectivity index (χ4n) is 2.25. The smallest absolute Gasteiger partial charge is 0.0524 e. The summed E-state index contributed by atoms with van der Waals surface area (Å²) < 4.78 is 2.02. The molecule has 0 aromatic carbocycles. The van der Waals surface area contributed by atoms with Crippen LogP contribution >= 0.6 is 0 Å². The van der Waals surface area contributed by atoms with Crippen LogP contribution in [0.5, 0.6) is 0 Å². The molecule has 0 radical (unpaired) electrons. The molecule has 0 aliphatic carbocycles. The van der Waals surface area contributed by atoms with Crippen LogP contribution in [0.2, 0.25) is 0 Å². The second kappa shape index (κ2) is 4.13. The van der Waals surface area contributed by atoms with Crippen molar-refractivity contribution in [2.45, 2.75) is 32.7 Å². The summed E-state index contributed by atoms with van der Waals surface area (Å²) in [5.41, 5.74) is 1.42. The molecule has 2 heterocycles. The van der Waals surface area contributed by atoms with Gasteiger partial charge in [-0.05, 0) is 43.8 Å². The number of aromatic nitrogens is 2. The van der Waals surface area contributed by atoms with Gasteiger partial charge in [0.1, 0.15) is 0 Å². The summed E-state index contributed by atoms with van der Waals surface area (Å²) in [4.78, 5) is 0. The molecule has 0 saturated carbocycles. The van der Waals surface area contributed by atoms with E-state index in [-0.39, 0.29) is 0 Å². The molecule has 3 nitrogen and oxygen atoms in total. The molecule has 2 atom stereocenters. The van der Waals surface area contributed by atoms with E-state index in [9.17, 15) is 0 Å². The van der Waals surface area contributed by atoms with Gasteiger partial charge in [-0.25, -0.2) is 0 Å². The van der Waals surface area contributed by atoms with Crippen LogP contribution in [-0.4, -0.2) is 22.9 Å². The predicted molar refractivity (Wildman–Crippen MR) is 57.3 cm³/mol. The van der Waals surface area contributed by atoms with Gasteiger partial charge in [0.15, 0.2) is 0 Å². The SMILES string of the molecule is CCn1cc(C2CCNCC2C)cn1. The van der Waals surface area contributed by atoms with E-state index in [1.807, 2.05) is 10.9 Å². The van der Waals surface area contributed by atoms with Crippen LogP contribution in [0.1, 0.15) is 31.7 Å². The Balaban J connectivity index is 2.12. The van der Waals surface area contributed by atoms with Gasteiger partial charge in [-0.3, -0.25) is 4.68 Å². The van der Waals surface area contributed by atoms with Crippen molar-refractivity contribution >= 4 is 0 Å². The summed E-state index contributed by atoms with van der Waals surface area (Å²) >= 11 is 0. The number of piperidine rings is 1. The molecule has 14 heavy (non-hydrogen) atoms. The quantitative estimate of drug-likeness (QED) is 0.773. The van der Waals surface area contributed by atoms with Crippen LogP contribution in [0.15, 0.2) is 12.4 Å². The van der Waals surface area contributed by atoms with Crippen molar-refractivity contribution < 1.29 is 0 Å². The zero-order valence-corrected chi connectivity index (χ0v) is 9.03. The fourth-order valence-corrected chi connectivity index (χ4v) is 2.25. The molecular formula is C11H19N3. The number of aryl methyl sites for hydroxylation is 1. The first-order valence-electron chi connectivity index (χ1n) is 5.54. The average molecular weight is 193 g/mol. The number of nitrogens with one attached hydrogen (secondary N) is 1. The highest BCUT2D eigenvalue weighted by atomic mass is 15.3. The van der Waals surface area contributed by atoms with Crippen LogP contribution in [0.25, 0.3) is 0 Å². The standard InChI is InChI=1S/C11H19N3/c1-3-14-8-10(7-13-14)11-4-5-12-6-9(11)2/h7-9,11-12H,3-6H2,1-2H3. The molecule has 0 bridgehead atoms. The molecule has 2 unspecified atom stereocenters. The van der Waals surface area contributed by atoms with Crippen molar-refractivity contribution in [2.75, 3.05) is 13.1 Å². The molecule has 1 aliphatic heterocycles. The van der Waals surface area contributed by atoms with Crippen molar-refractivity contribution in [1.82, 2.24) is 15.1 Å². The first kappa shape index (κ1) is 9.71. The molecule has 0 spiro atoms. The Morgan fingerprint density at radius 2 is 2.50 bits per heavy atom. The molecule has 1 aromatic heterocycles. The molecule has 1 aliphatic rings. The van der Waals surface area contributed by atoms with E-state index in [4.69, 9.17) is 0 Å². The van der Waals surface area contributed by atoms with Crippen molar-refractivity contribution in [1.29, 1.82) is 0 Å². The summed E-state index contributed by atoms with van der Waals surface area (Å²) in [6.45, 7) is 7.70. The lowest BCUT2D eigenvalue weighted by Gasteiger charge is -2.28. The highest BCUT2D eigenvalue weighted by Gasteiger charge is 2.23. The largest absolute Gasteiger partial charge is 0.316 e. The Hall–Kier alpha value is -0.830. The van der Waals surface area contributed by atoms with E-state index in [0.29, 0.717) is 5.92 Å². The van der Waals surface area contributed by atoms with Gasteiger partial charge in [0, 0.05) is 12.7 Å². The minimum atomic E-state index is 0.705. The van der Waals surface area contributed by atoms with Crippen LogP contribution in [0, 0.1) is 5.92 Å². The Bertz CT molecular complexity index is 292. The number of hydrogen-bond acceptors (Lipinski definition) is 2. The van der Waals surface area contributed by atoms with Crippen LogP contribution in [-0.2, 0) is 6.54 Å². The maximum Gasteiger partial charge on any atom is 0.0524 e. The zero-order valence-electron chi connectivity index (χ0n) is 9.03. The third kappa shape index (κ3) is 1.82. The van der Waals surface area contributed by atoms with Gasteiger partial charge >= 0.3 is 0 Å². The second-order valence-corrected chi connectivity index (χ2v) is 4.21. The second-order valence-electron chi connectivity index (χ2n) is 4.21. The van der Waals surface area contributed by atoms with Crippen molar-refractivity contribution in [3.05, 3.63) is 18.0 Å². The van der Waals surface area contributed by atoms with Crippen LogP contribution in [0.4, 0.5) is 0 Å². The minimum absolute atomic E-state index is 0.705. The Kier molecular flexibility index (Phi) is 2.87. The number of nitrogens with zero attached hydrogens (tertiary/aromatic N) is 2. The maximum absolute atomic E-state index is 4.34. The first-order valence-corrected chi connectivity index (χ1v) is 5.54. The van der Waals surface area contributed by atoms with Gasteiger partial charge in [-0.1, -0.05) is 6.92 Å². The van der Waals surface area contributed by atoms with Crippen molar-refractivity contribution in [3.63, 3.8) is 0 Å². The first-order chi connectivity index (χ1) is 6.81. The van der Waals surface area contributed by atoms with Gasteiger partial charge in [0.05, 0.1) is 6.20 Å². The highest BCUT2D eigenvalue weighted by molar-refractivity contribution is 5.13. The third-order valence-electron chi connectivity index (χ3n) is 3.19. The van der Waals surface area contributed by atoms with Crippen molar-refractivity contribution in [3.8, 4) is 0 Å². The molecule has 1 aromatic rings. The summed E-state index contributed by atoms with van der Waals surface area (Å²) in [6.07, 6.45) is 5.49. The zero-order chi connectivity index (χ0) is 9.97. The van der Waals surface area contributed by atoms with Crippen molar-refractivity contribution in [2.24, 2.45) is 5.92 Å². The molecule has 78 valence electrons. The monoisotopic (exact) mass is 193 g/mol. The maximum atomic E-state index is 4.34. The molecule has 1 saturated heterocycles. The van der Waals surface area contributed by atoms with Crippen LogP contribution < -0.4 is 5.32 Å². The molecule has 0 amide bonds. The summed E-state index contributed by atoms with van der Waals surface area (Å²) in [5, 5.41) is 7.77. The lowest BCUT2D eigenvalue weighted by Crippen LogP contribution is -2.33. The molecule has 1 N–H and O–H groups in total. The normalized spacial score (nSPS) is 27.9. The van der Waals surface area contributed by atoms with E-state index in [1.54, 1.807) is 0 Å². The van der Waals surface area contributed by atoms with E-state index in [0.717, 1.165) is 25.6 Å². The Morgan fingerprint density at radius 3 is 3.14 bits per heavy atom. The lowest BCUT2D eigenvalue weighted by molar-refractivity contribution is 0.349. The van der Waals surface area contributed by atoms with E-state index >= 15 is 0 Å². The number of hydrogen-bond donors (Lipinski definition) is 1. The Morgan fingerprint density at radius 1 is 1.64 bits per heavy atom. The number of rotatable bonds is 2. The van der Waals surface area contributed by atoms with Gasteiger partial charge in [-0.2, -0.15) is 5.10 Å². The molecule has 3 heteroatoms. The minimum Gasteiger partial charge on any atom is -0.316 e. The predicted octanol–water partition coefficient (Wildman–Crippen LogP) is 1.62. The molecule has 1 fully saturated rings. The van der Waals surface area contributed by atoms with Gasteiger partial charge in [0.25, 0.3) is 0 Å². The topological polar surface area (TPSA) is 29.9 Å². The molecular weight excluding hydrogens is 174 g/mol. The average Bonchev–Trinajstić information content (AvgIpc) is 2.67. The van der Waals surface area contributed by atoms with E-state index in [1.165, 1.54) is 12.0 Å². The lowest BCUT2D eigenvalue weighted by atomic mass is 9.84. The van der Waals surface area contributed by atoms with E-state index < -0.39 is 0 Å². The van der Waals surface area contributed by atoms with Gasteiger partial charge in [-0.15, -0.1) is 0 Å². The summed E-state index contributed by atoms with van der Waals surface area (Å²) in [5.74, 6) is 1.44. The summed E-state index contributed by atoms with van der Waals surface area (Å²) in [6, 6.07) is 0. The molecule has 2 rings (SSSR count). The van der Waals surface area contributed by atoms with Crippen LogP contribution in [0.3, 0.4) is 0 Å². The van der Waals surface area contributed by atoms with Gasteiger partial charge < -0.3 is 5.32 Å².